The van der Waals surface area contributed by atoms with Crippen molar-refractivity contribution < 1.29 is 28.5 Å². The molecule has 0 aliphatic heterocycles. The maximum Gasteiger partial charge on any atom is 0.147 e. The van der Waals surface area contributed by atoms with Crippen molar-refractivity contribution in [1.29, 1.82) is 0 Å². The zero-order valence-electron chi connectivity index (χ0n) is 48.3. The number of aromatic nitrogens is 2. The molecule has 0 bridgehead atoms. The number of phenolic OH excluding ortho intramolecular Hbond substituents is 2. The molecule has 1 fully saturated rings. The monoisotopic (exact) mass is 1060 g/mol. The van der Waals surface area contributed by atoms with Gasteiger partial charge in [0.2, 0.25) is 0 Å². The van der Waals surface area contributed by atoms with Gasteiger partial charge in [0.05, 0.1) is 33.4 Å². The molecule has 8 heteroatoms. The molecule has 2 aromatic heterocycles. The number of fused-ring (bicyclic) bond motifs is 6. The lowest BCUT2D eigenvalue weighted by Crippen LogP contribution is -2.18. The van der Waals surface area contributed by atoms with Crippen molar-refractivity contribution >= 4 is 43.6 Å². The van der Waals surface area contributed by atoms with E-state index in [-0.39, 0.29) is 45.4 Å². The summed E-state index contributed by atoms with van der Waals surface area (Å²) in [6.45, 7) is 30.6. The topological polar surface area (TPSA) is 68.8 Å². The van der Waals surface area contributed by atoms with Gasteiger partial charge in [-0.2, -0.15) is 0 Å². The molecule has 10 aromatic rings. The summed E-state index contributed by atoms with van der Waals surface area (Å²) in [6, 6.07) is 43.1. The van der Waals surface area contributed by atoms with Crippen molar-refractivity contribution in [2.24, 2.45) is 0 Å². The van der Waals surface area contributed by atoms with Crippen LogP contribution in [0.3, 0.4) is 0 Å². The number of nitrogens with zero attached hydrogens (tertiary/aromatic N) is 2. The number of rotatable bonds is 8. The smallest absolute Gasteiger partial charge is 0.147 e. The summed E-state index contributed by atoms with van der Waals surface area (Å²) in [5.41, 5.74) is 13.2. The van der Waals surface area contributed by atoms with Crippen LogP contribution in [0, 0.1) is 25.5 Å². The third kappa shape index (κ3) is 9.80. The molecule has 0 amide bonds. The van der Waals surface area contributed by atoms with E-state index in [2.05, 4.69) is 165 Å². The maximum atomic E-state index is 15.5. The van der Waals surface area contributed by atoms with Crippen molar-refractivity contribution in [1.82, 2.24) is 9.13 Å². The molecule has 1 aliphatic rings. The summed E-state index contributed by atoms with van der Waals surface area (Å²) >= 11 is 0. The fourth-order valence-electron chi connectivity index (χ4n) is 11.8. The maximum absolute atomic E-state index is 15.5. The minimum atomic E-state index is -0.451. The Morgan fingerprint density at radius 3 is 0.987 bits per heavy atom. The molecule has 1 aliphatic carbocycles. The van der Waals surface area contributed by atoms with E-state index in [9.17, 15) is 10.2 Å². The zero-order chi connectivity index (χ0) is 56.4. The molecule has 0 saturated heterocycles. The van der Waals surface area contributed by atoms with Crippen LogP contribution < -0.4 is 9.47 Å². The van der Waals surface area contributed by atoms with Crippen LogP contribution in [0.15, 0.2) is 133 Å². The number of benzene rings is 8. The van der Waals surface area contributed by atoms with E-state index >= 15 is 8.78 Å². The van der Waals surface area contributed by atoms with Gasteiger partial charge in [-0.1, -0.05) is 107 Å². The molecule has 79 heavy (non-hydrogen) atoms. The predicted octanol–water partition coefficient (Wildman–Crippen LogP) is 19.1. The number of ether oxygens (including phenoxy) is 2. The highest BCUT2D eigenvalue weighted by Gasteiger charge is 2.32. The molecule has 8 aromatic carbocycles. The highest BCUT2D eigenvalue weighted by Crippen LogP contribution is 2.48. The highest BCUT2D eigenvalue weighted by atomic mass is 19.1. The molecule has 2 atom stereocenters. The molecule has 11 rings (SSSR count). The Morgan fingerprint density at radius 1 is 0.392 bits per heavy atom. The second-order valence-electron chi connectivity index (χ2n) is 26.5. The number of halogens is 2. The molecule has 2 heterocycles. The Kier molecular flexibility index (Phi) is 12.9. The van der Waals surface area contributed by atoms with Gasteiger partial charge in [0, 0.05) is 50.2 Å². The van der Waals surface area contributed by atoms with E-state index < -0.39 is 11.6 Å². The number of aromatic hydroxyl groups is 2. The summed E-state index contributed by atoms with van der Waals surface area (Å²) in [5.74, 6) is 0.0158. The Bertz CT molecular complexity index is 3670. The van der Waals surface area contributed by atoms with E-state index in [0.717, 1.165) is 54.7 Å². The van der Waals surface area contributed by atoms with Crippen LogP contribution in [-0.4, -0.2) is 31.6 Å². The van der Waals surface area contributed by atoms with E-state index in [1.54, 1.807) is 12.1 Å². The zero-order valence-corrected chi connectivity index (χ0v) is 48.3. The molecular formula is C71H74F2N2O4. The summed E-state index contributed by atoms with van der Waals surface area (Å²) in [7, 11) is 0. The van der Waals surface area contributed by atoms with Crippen molar-refractivity contribution in [3.8, 4) is 56.6 Å². The molecule has 1 saturated carbocycles. The van der Waals surface area contributed by atoms with Gasteiger partial charge in [-0.25, -0.2) is 8.78 Å². The Morgan fingerprint density at radius 2 is 0.696 bits per heavy atom. The fourth-order valence-corrected chi connectivity index (χ4v) is 11.8. The largest absolute Gasteiger partial charge is 0.505 e. The molecule has 0 unspecified atom stereocenters. The summed E-state index contributed by atoms with van der Waals surface area (Å²) in [6.07, 6.45) is 1.13. The molecule has 6 nitrogen and oxygen atoms in total. The highest BCUT2D eigenvalue weighted by molar-refractivity contribution is 6.11. The van der Waals surface area contributed by atoms with Gasteiger partial charge in [-0.3, -0.25) is 0 Å². The van der Waals surface area contributed by atoms with Gasteiger partial charge in [0.25, 0.3) is 0 Å². The summed E-state index contributed by atoms with van der Waals surface area (Å²) in [5, 5.41) is 29.5. The van der Waals surface area contributed by atoms with Gasteiger partial charge in [-0.05, 0) is 191 Å². The first kappa shape index (κ1) is 53.4. The second-order valence-corrected chi connectivity index (χ2v) is 26.5. The van der Waals surface area contributed by atoms with Crippen molar-refractivity contribution in [2.75, 3.05) is 0 Å². The van der Waals surface area contributed by atoms with Gasteiger partial charge in [0.15, 0.2) is 0 Å². The van der Waals surface area contributed by atoms with Crippen molar-refractivity contribution in [2.45, 2.75) is 150 Å². The Balaban J connectivity index is 0.921. The lowest BCUT2D eigenvalue weighted by Gasteiger charge is -2.21. The average molecular weight is 1060 g/mol. The predicted molar refractivity (Wildman–Crippen MR) is 323 cm³/mol. The lowest BCUT2D eigenvalue weighted by molar-refractivity contribution is 0.166. The number of hydrogen-bond acceptors (Lipinski definition) is 4. The quantitative estimate of drug-likeness (QED) is 0.159. The minimum absolute atomic E-state index is 0.0150. The van der Waals surface area contributed by atoms with Crippen molar-refractivity contribution in [3.05, 3.63) is 178 Å². The Labute approximate surface area is 464 Å². The summed E-state index contributed by atoms with van der Waals surface area (Å²) in [4.78, 5) is 0. The first-order valence-electron chi connectivity index (χ1n) is 27.9. The molecule has 0 spiro atoms. The van der Waals surface area contributed by atoms with Crippen LogP contribution in [0.2, 0.25) is 0 Å². The first-order valence-corrected chi connectivity index (χ1v) is 27.9. The molecule has 2 N–H and O–H groups in total. The second kappa shape index (κ2) is 19.1. The van der Waals surface area contributed by atoms with Crippen LogP contribution in [0.1, 0.15) is 136 Å². The van der Waals surface area contributed by atoms with E-state index in [0.29, 0.717) is 64.4 Å². The van der Waals surface area contributed by atoms with Gasteiger partial charge >= 0.3 is 0 Å². The fraction of sp³-hybridized carbons (Fsp3) is 0.324. The summed E-state index contributed by atoms with van der Waals surface area (Å²) < 4.78 is 49.0. The lowest BCUT2D eigenvalue weighted by atomic mass is 9.85. The first-order chi connectivity index (χ1) is 37.1. The average Bonchev–Trinajstić information content (AvgIpc) is 4.19. The van der Waals surface area contributed by atoms with E-state index in [4.69, 9.17) is 9.47 Å². The Hall–Kier alpha value is -7.58. The third-order valence-electron chi connectivity index (χ3n) is 16.3. The van der Waals surface area contributed by atoms with E-state index in [1.165, 1.54) is 46.5 Å². The molecule has 406 valence electrons. The SMILES string of the molecule is Cc1cc(-c2cc(F)ccc2O[C@@H]2CC[C@H](Oc3ccc(F)cc3-c3cc(C)cc(-n4c5ccc(C(C)(C)C)cc5c5cc(C(C)(C)C)ccc54)c3O)C2)c(O)c(-n2c3ccc(C(C)(C)C)cc3c3cc(C(C)(C)C)ccc32)c1. The standard InChI is InChI=1S/C71H74F2N2O4/c1-40-29-56(66(76)62(31-40)74-58-23-15-42(68(3,4)5)33-50(58)51-34-43(69(6,7)8)16-24-59(51)74)54-37-46(72)19-27-64(54)78-48-21-22-49(39-48)79-65-28-20-47(73)38-55(65)57-30-41(2)32-63(67(57)77)75-60-25-17-44(70(9,10)11)35-52(60)53-36-45(71(12,13)14)18-26-61(53)75/h15-20,23-38,48-49,76-77H,21-22,39H2,1-14H3/t48-,49+. The van der Waals surface area contributed by atoms with Crippen LogP contribution in [-0.2, 0) is 21.7 Å². The van der Waals surface area contributed by atoms with Crippen LogP contribution in [0.4, 0.5) is 8.78 Å². The van der Waals surface area contributed by atoms with Crippen LogP contribution in [0.25, 0.3) is 77.2 Å². The molecular weight excluding hydrogens is 983 g/mol. The van der Waals surface area contributed by atoms with Gasteiger partial charge < -0.3 is 28.8 Å². The normalized spacial score (nSPS) is 15.5. The minimum Gasteiger partial charge on any atom is -0.505 e. The van der Waals surface area contributed by atoms with E-state index in [1.807, 2.05) is 38.1 Å². The number of hydrogen-bond donors (Lipinski definition) is 2. The van der Waals surface area contributed by atoms with Gasteiger partial charge in [0.1, 0.15) is 46.8 Å². The molecule has 0 radical (unpaired) electrons. The van der Waals surface area contributed by atoms with Crippen LogP contribution >= 0.6 is 0 Å². The number of aryl methyl sites for hydroxylation is 2. The van der Waals surface area contributed by atoms with Crippen LogP contribution in [0.5, 0.6) is 23.0 Å². The van der Waals surface area contributed by atoms with Gasteiger partial charge in [-0.15, -0.1) is 0 Å². The third-order valence-corrected chi connectivity index (χ3v) is 16.3. The van der Waals surface area contributed by atoms with Crippen molar-refractivity contribution in [3.63, 3.8) is 0 Å². The number of phenols is 2.